The number of carboxylic acid groups (broad SMARTS) is 1. The molecular weight excluding hydrogens is 364 g/mol. The zero-order valence-corrected chi connectivity index (χ0v) is 17.8. The van der Waals surface area contributed by atoms with E-state index < -0.39 is 18.2 Å². The number of hydrogen-bond donors (Lipinski definition) is 3. The van der Waals surface area contributed by atoms with Gasteiger partial charge in [-0.1, -0.05) is 55.7 Å². The predicted octanol–water partition coefficient (Wildman–Crippen LogP) is 4.55. The molecule has 0 bridgehead atoms. The predicted molar refractivity (Wildman–Crippen MR) is 115 cm³/mol. The summed E-state index contributed by atoms with van der Waals surface area (Å²) in [5.41, 5.74) is 2.25. The molecule has 3 N–H and O–H groups in total. The Morgan fingerprint density at radius 1 is 1.03 bits per heavy atom. The largest absolute Gasteiger partial charge is 0.481 e. The highest BCUT2D eigenvalue weighted by Gasteiger charge is 2.40. The van der Waals surface area contributed by atoms with Gasteiger partial charge in [0.05, 0.1) is 12.2 Å². The van der Waals surface area contributed by atoms with Gasteiger partial charge in [-0.05, 0) is 63.0 Å². The Morgan fingerprint density at radius 2 is 1.66 bits per heavy atom. The Kier molecular flexibility index (Phi) is 9.70. The first-order valence-electron chi connectivity index (χ1n) is 11.0. The summed E-state index contributed by atoms with van der Waals surface area (Å²) in [5, 5.41) is 29.5. The van der Waals surface area contributed by atoms with Crippen LogP contribution in [0.4, 0.5) is 0 Å². The van der Waals surface area contributed by atoms with Crippen LogP contribution < -0.4 is 0 Å². The number of rotatable bonds is 10. The van der Waals surface area contributed by atoms with Crippen LogP contribution >= 0.6 is 0 Å². The minimum absolute atomic E-state index is 0.132. The van der Waals surface area contributed by atoms with Gasteiger partial charge in [0.15, 0.2) is 0 Å². The maximum absolute atomic E-state index is 10.6. The molecule has 1 aliphatic rings. The van der Waals surface area contributed by atoms with Gasteiger partial charge in [0.2, 0.25) is 0 Å². The van der Waals surface area contributed by atoms with E-state index in [-0.39, 0.29) is 24.2 Å². The normalized spacial score (nSPS) is 24.7. The molecule has 5 atom stereocenters. The fourth-order valence-corrected chi connectivity index (χ4v) is 4.35. The molecule has 4 heteroatoms. The van der Waals surface area contributed by atoms with Crippen molar-refractivity contribution in [3.8, 4) is 11.8 Å². The van der Waals surface area contributed by atoms with Gasteiger partial charge in [0, 0.05) is 17.9 Å². The van der Waals surface area contributed by atoms with E-state index >= 15 is 0 Å². The summed E-state index contributed by atoms with van der Waals surface area (Å²) < 4.78 is 0. The molecule has 1 aliphatic carbocycles. The molecule has 4 nitrogen and oxygen atoms in total. The first-order valence-corrected chi connectivity index (χ1v) is 11.0. The summed E-state index contributed by atoms with van der Waals surface area (Å²) >= 11 is 0. The summed E-state index contributed by atoms with van der Waals surface area (Å²) in [5.74, 6) is 6.34. The van der Waals surface area contributed by atoms with E-state index in [0.717, 1.165) is 44.1 Å². The van der Waals surface area contributed by atoms with Crippen LogP contribution in [0.3, 0.4) is 0 Å². The Hall–Kier alpha value is -1.83. The lowest BCUT2D eigenvalue weighted by Gasteiger charge is -2.24. The lowest BCUT2D eigenvalue weighted by Crippen LogP contribution is -2.22. The highest BCUT2D eigenvalue weighted by molar-refractivity contribution is 5.66. The molecule has 0 spiro atoms. The van der Waals surface area contributed by atoms with Crippen LogP contribution in [0.5, 0.6) is 0 Å². The standard InChI is InChI=1S/C25H36O4/c1-18-9-13-20(14-10-18)15-11-19(2)12-16-22-21(23(26)17-24(22)27)7-5-3-4-6-8-25(28)29/h9-10,13-14,19,21-24,26-27H,3-8,12,16-17H2,1-2H3,(H,28,29)/t19?,21-,22-,23+,24-/m1/s1. The fourth-order valence-electron chi connectivity index (χ4n) is 4.35. The SMILES string of the molecule is Cc1ccc(C#CC(C)CC[C@@H]2[C@@H](CCCCCCC(=O)O)[C@@H](O)C[C@H]2O)cc1. The number of carboxylic acids is 1. The third-order valence-electron chi connectivity index (χ3n) is 6.15. The number of benzene rings is 1. The van der Waals surface area contributed by atoms with Crippen LogP contribution in [-0.2, 0) is 4.79 Å². The quantitative estimate of drug-likeness (QED) is 0.398. The lowest BCUT2D eigenvalue weighted by molar-refractivity contribution is -0.137. The van der Waals surface area contributed by atoms with E-state index in [2.05, 4.69) is 37.8 Å². The van der Waals surface area contributed by atoms with Gasteiger partial charge in [-0.2, -0.15) is 0 Å². The van der Waals surface area contributed by atoms with Crippen LogP contribution in [0, 0.1) is 36.5 Å². The van der Waals surface area contributed by atoms with E-state index in [0.29, 0.717) is 12.8 Å². The van der Waals surface area contributed by atoms with E-state index in [1.165, 1.54) is 5.56 Å². The molecule has 0 saturated heterocycles. The number of carbonyl (C=O) groups is 1. The second-order valence-corrected chi connectivity index (χ2v) is 8.66. The number of hydrogen-bond acceptors (Lipinski definition) is 3. The number of aryl methyl sites for hydroxylation is 1. The third-order valence-corrected chi connectivity index (χ3v) is 6.15. The van der Waals surface area contributed by atoms with Crippen LogP contribution in [0.1, 0.15) is 75.8 Å². The lowest BCUT2D eigenvalue weighted by atomic mass is 9.84. The molecule has 1 fully saturated rings. The van der Waals surface area contributed by atoms with E-state index in [1.807, 2.05) is 12.1 Å². The van der Waals surface area contributed by atoms with Crippen LogP contribution in [-0.4, -0.2) is 33.5 Å². The average molecular weight is 401 g/mol. The Morgan fingerprint density at radius 3 is 2.31 bits per heavy atom. The van der Waals surface area contributed by atoms with Crippen LogP contribution in [0.2, 0.25) is 0 Å². The van der Waals surface area contributed by atoms with Crippen molar-refractivity contribution in [2.45, 2.75) is 83.8 Å². The van der Waals surface area contributed by atoms with Crippen LogP contribution in [0.25, 0.3) is 0 Å². The summed E-state index contributed by atoms with van der Waals surface area (Å²) in [6, 6.07) is 8.21. The van der Waals surface area contributed by atoms with Crippen molar-refractivity contribution >= 4 is 5.97 Å². The molecule has 2 rings (SSSR count). The van der Waals surface area contributed by atoms with Crippen molar-refractivity contribution in [1.82, 2.24) is 0 Å². The topological polar surface area (TPSA) is 77.8 Å². The van der Waals surface area contributed by atoms with Gasteiger partial charge in [-0.25, -0.2) is 0 Å². The minimum atomic E-state index is -0.737. The van der Waals surface area contributed by atoms with Gasteiger partial charge in [0.25, 0.3) is 0 Å². The molecule has 0 heterocycles. The molecule has 1 unspecified atom stereocenters. The third kappa shape index (κ3) is 8.20. The van der Waals surface area contributed by atoms with Crippen molar-refractivity contribution < 1.29 is 20.1 Å². The smallest absolute Gasteiger partial charge is 0.303 e. The molecule has 1 aromatic rings. The second kappa shape index (κ2) is 12.0. The number of aliphatic hydroxyl groups excluding tert-OH is 2. The van der Waals surface area contributed by atoms with E-state index in [4.69, 9.17) is 5.11 Å². The maximum Gasteiger partial charge on any atom is 0.303 e. The average Bonchev–Trinajstić information content (AvgIpc) is 2.94. The molecule has 1 saturated carbocycles. The number of aliphatic carboxylic acids is 1. The molecule has 0 aromatic heterocycles. The van der Waals surface area contributed by atoms with Crippen molar-refractivity contribution in [2.75, 3.05) is 0 Å². The van der Waals surface area contributed by atoms with Gasteiger partial charge >= 0.3 is 5.97 Å². The van der Waals surface area contributed by atoms with Crippen molar-refractivity contribution in [2.24, 2.45) is 17.8 Å². The van der Waals surface area contributed by atoms with Crippen LogP contribution in [0.15, 0.2) is 24.3 Å². The zero-order valence-electron chi connectivity index (χ0n) is 17.8. The van der Waals surface area contributed by atoms with Crippen molar-refractivity contribution in [1.29, 1.82) is 0 Å². The minimum Gasteiger partial charge on any atom is -0.481 e. The van der Waals surface area contributed by atoms with Crippen molar-refractivity contribution in [3.63, 3.8) is 0 Å². The first kappa shape index (κ1) is 23.4. The number of aliphatic hydroxyl groups is 2. The Bertz CT molecular complexity index is 685. The number of unbranched alkanes of at least 4 members (excludes halogenated alkanes) is 3. The second-order valence-electron chi connectivity index (χ2n) is 8.66. The van der Waals surface area contributed by atoms with Gasteiger partial charge < -0.3 is 15.3 Å². The monoisotopic (exact) mass is 400 g/mol. The molecule has 29 heavy (non-hydrogen) atoms. The summed E-state index contributed by atoms with van der Waals surface area (Å²) in [7, 11) is 0. The Labute approximate surface area is 175 Å². The van der Waals surface area contributed by atoms with E-state index in [1.54, 1.807) is 0 Å². The highest BCUT2D eigenvalue weighted by Crippen LogP contribution is 2.39. The molecule has 0 amide bonds. The molecule has 0 radical (unpaired) electrons. The molecule has 160 valence electrons. The molecule has 1 aromatic carbocycles. The highest BCUT2D eigenvalue weighted by atomic mass is 16.4. The first-order chi connectivity index (χ1) is 13.9. The van der Waals surface area contributed by atoms with Crippen molar-refractivity contribution in [3.05, 3.63) is 35.4 Å². The Balaban J connectivity index is 1.77. The molecule has 0 aliphatic heterocycles. The summed E-state index contributed by atoms with van der Waals surface area (Å²) in [6.07, 6.45) is 6.13. The summed E-state index contributed by atoms with van der Waals surface area (Å²) in [6.45, 7) is 4.18. The fraction of sp³-hybridized carbons (Fsp3) is 0.640. The summed E-state index contributed by atoms with van der Waals surface area (Å²) in [4.78, 5) is 10.6. The van der Waals surface area contributed by atoms with Gasteiger partial charge in [0.1, 0.15) is 0 Å². The maximum atomic E-state index is 10.6. The van der Waals surface area contributed by atoms with E-state index in [9.17, 15) is 15.0 Å². The zero-order chi connectivity index (χ0) is 21.2. The van der Waals surface area contributed by atoms with Gasteiger partial charge in [-0.3, -0.25) is 4.79 Å². The molecular formula is C25H36O4. The van der Waals surface area contributed by atoms with Gasteiger partial charge in [-0.15, -0.1) is 0 Å².